The van der Waals surface area contributed by atoms with Crippen LogP contribution in [-0.2, 0) is 22.7 Å². The highest BCUT2D eigenvalue weighted by molar-refractivity contribution is 7.07. The number of anilines is 2. The number of carbonyl (C=O) groups is 2. The maximum absolute atomic E-state index is 12.8. The lowest BCUT2D eigenvalue weighted by molar-refractivity contribution is -0.135. The molecule has 40 heavy (non-hydrogen) atoms. The lowest BCUT2D eigenvalue weighted by Crippen LogP contribution is -2.37. The fourth-order valence-electron chi connectivity index (χ4n) is 3.56. The first-order valence-electron chi connectivity index (χ1n) is 12.0. The number of thiazole rings is 1. The van der Waals surface area contributed by atoms with Gasteiger partial charge < -0.3 is 16.0 Å². The van der Waals surface area contributed by atoms with Crippen LogP contribution in [0.1, 0.15) is 12.5 Å². The van der Waals surface area contributed by atoms with Gasteiger partial charge in [0.15, 0.2) is 5.57 Å². The number of benzene rings is 1. The molecule has 0 aliphatic rings. The SMILES string of the molecule is CCn1c(=C(C#N)C(=O)NCC(F)(F)F)sc(=CNc2cccc(NC(=O)CN(C)Cc3ccccc3)n2)c1=O. The third-order valence-electron chi connectivity index (χ3n) is 5.30. The maximum atomic E-state index is 12.8. The van der Waals surface area contributed by atoms with E-state index in [4.69, 9.17) is 0 Å². The number of aromatic nitrogens is 2. The molecule has 0 aliphatic carbocycles. The molecule has 10 nitrogen and oxygen atoms in total. The van der Waals surface area contributed by atoms with Crippen LogP contribution in [0.5, 0.6) is 0 Å². The number of halogens is 3. The van der Waals surface area contributed by atoms with Crippen molar-refractivity contribution >= 4 is 46.6 Å². The summed E-state index contributed by atoms with van der Waals surface area (Å²) in [4.78, 5) is 43.7. The van der Waals surface area contributed by atoms with Crippen LogP contribution in [-0.4, -0.2) is 52.6 Å². The van der Waals surface area contributed by atoms with Gasteiger partial charge in [0.1, 0.15) is 33.4 Å². The van der Waals surface area contributed by atoms with E-state index in [9.17, 15) is 32.8 Å². The standard InChI is InChI=1S/C26H26F3N7O3S/c1-3-36-24(39)19(40-25(36)18(12-30)23(38)32-16-26(27,28)29)13-31-20-10-7-11-21(33-20)34-22(37)15-35(2)14-17-8-5-4-6-9-17/h4-11,13H,3,14-16H2,1-2H3,(H,32,38)(H2,31,33,34,37). The highest BCUT2D eigenvalue weighted by Gasteiger charge is 2.29. The van der Waals surface area contributed by atoms with Gasteiger partial charge in [0.25, 0.3) is 11.5 Å². The van der Waals surface area contributed by atoms with E-state index in [1.807, 2.05) is 42.3 Å². The van der Waals surface area contributed by atoms with Gasteiger partial charge in [-0.25, -0.2) is 4.98 Å². The number of likely N-dealkylation sites (N-methyl/N-ethyl adjacent to an activating group) is 1. The van der Waals surface area contributed by atoms with E-state index in [1.165, 1.54) is 6.20 Å². The van der Waals surface area contributed by atoms with Crippen LogP contribution in [0.15, 0.2) is 53.3 Å². The van der Waals surface area contributed by atoms with Crippen molar-refractivity contribution in [1.82, 2.24) is 19.8 Å². The Morgan fingerprint density at radius 3 is 2.50 bits per heavy atom. The molecule has 1 aromatic carbocycles. The summed E-state index contributed by atoms with van der Waals surface area (Å²) in [6.45, 7) is 0.784. The summed E-state index contributed by atoms with van der Waals surface area (Å²) in [6.07, 6.45) is -3.34. The number of nitriles is 1. The molecule has 0 saturated carbocycles. The molecule has 0 radical (unpaired) electrons. The van der Waals surface area contributed by atoms with E-state index in [2.05, 4.69) is 15.6 Å². The predicted molar refractivity (Wildman–Crippen MR) is 145 cm³/mol. The number of rotatable bonds is 10. The topological polar surface area (TPSA) is 132 Å². The molecule has 2 aromatic heterocycles. The van der Waals surface area contributed by atoms with Crippen molar-refractivity contribution in [3.8, 4) is 6.07 Å². The van der Waals surface area contributed by atoms with E-state index >= 15 is 0 Å². The summed E-state index contributed by atoms with van der Waals surface area (Å²) in [7, 11) is 1.82. The minimum atomic E-state index is -4.65. The summed E-state index contributed by atoms with van der Waals surface area (Å²) < 4.78 is 38.6. The van der Waals surface area contributed by atoms with Crippen molar-refractivity contribution in [2.75, 3.05) is 30.8 Å². The zero-order valence-corrected chi connectivity index (χ0v) is 22.4. The number of pyridine rings is 1. The normalized spacial score (nSPS) is 12.6. The molecule has 2 heterocycles. The van der Waals surface area contributed by atoms with Crippen LogP contribution < -0.4 is 30.7 Å². The number of hydrogen-bond donors (Lipinski definition) is 3. The molecular weight excluding hydrogens is 547 g/mol. The molecular formula is C26H26F3N7O3S. The Morgan fingerprint density at radius 2 is 1.85 bits per heavy atom. The van der Waals surface area contributed by atoms with Crippen molar-refractivity contribution in [2.45, 2.75) is 26.2 Å². The Kier molecular flexibility index (Phi) is 10.2. The van der Waals surface area contributed by atoms with Crippen molar-refractivity contribution in [3.05, 3.63) is 73.6 Å². The smallest absolute Gasteiger partial charge is 0.345 e. The Balaban J connectivity index is 1.75. The average Bonchev–Trinajstić information content (AvgIpc) is 3.21. The molecule has 210 valence electrons. The van der Waals surface area contributed by atoms with E-state index in [0.717, 1.165) is 21.5 Å². The minimum Gasteiger partial charge on any atom is -0.345 e. The summed E-state index contributed by atoms with van der Waals surface area (Å²) in [6, 6.07) is 16.1. The van der Waals surface area contributed by atoms with Gasteiger partial charge >= 0.3 is 6.18 Å². The highest BCUT2D eigenvalue weighted by Crippen LogP contribution is 2.13. The molecule has 2 amide bonds. The average molecular weight is 574 g/mol. The largest absolute Gasteiger partial charge is 0.405 e. The van der Waals surface area contributed by atoms with Crippen LogP contribution in [0.25, 0.3) is 11.8 Å². The fourth-order valence-corrected chi connectivity index (χ4v) is 4.65. The Labute approximate surface area is 231 Å². The van der Waals surface area contributed by atoms with Crippen molar-refractivity contribution in [3.63, 3.8) is 0 Å². The molecule has 14 heteroatoms. The van der Waals surface area contributed by atoms with Gasteiger partial charge in [0.05, 0.1) is 6.54 Å². The van der Waals surface area contributed by atoms with Gasteiger partial charge in [-0.3, -0.25) is 23.9 Å². The lowest BCUT2D eigenvalue weighted by Gasteiger charge is -2.16. The first kappa shape index (κ1) is 30.1. The number of nitrogens with one attached hydrogen (secondary N) is 3. The van der Waals surface area contributed by atoms with Crippen LogP contribution >= 0.6 is 11.3 Å². The van der Waals surface area contributed by atoms with Gasteiger partial charge in [-0.05, 0) is 31.7 Å². The summed E-state index contributed by atoms with van der Waals surface area (Å²) in [5.74, 6) is -0.942. The van der Waals surface area contributed by atoms with E-state index in [0.29, 0.717) is 12.4 Å². The van der Waals surface area contributed by atoms with Gasteiger partial charge in [0, 0.05) is 19.3 Å². The summed E-state index contributed by atoms with van der Waals surface area (Å²) >= 11 is 0.774. The summed E-state index contributed by atoms with van der Waals surface area (Å²) in [5.41, 5.74) is -0.0804. The molecule has 3 rings (SSSR count). The molecule has 3 N–H and O–H groups in total. The quantitative estimate of drug-likeness (QED) is 0.336. The van der Waals surface area contributed by atoms with Crippen molar-refractivity contribution in [2.24, 2.45) is 0 Å². The second-order valence-electron chi connectivity index (χ2n) is 8.51. The van der Waals surface area contributed by atoms with E-state index in [-0.39, 0.29) is 34.0 Å². The zero-order valence-electron chi connectivity index (χ0n) is 21.6. The number of nitrogens with zero attached hydrogens (tertiary/aromatic N) is 4. The van der Waals surface area contributed by atoms with Crippen LogP contribution in [0.4, 0.5) is 24.8 Å². The molecule has 0 saturated heterocycles. The second kappa shape index (κ2) is 13.5. The van der Waals surface area contributed by atoms with Crippen LogP contribution in [0, 0.1) is 11.3 Å². The Morgan fingerprint density at radius 1 is 1.15 bits per heavy atom. The molecule has 3 aromatic rings. The zero-order chi connectivity index (χ0) is 29.3. The van der Waals surface area contributed by atoms with Gasteiger partial charge in [-0.1, -0.05) is 36.4 Å². The Hall–Kier alpha value is -4.48. The molecule has 0 spiro atoms. The van der Waals surface area contributed by atoms with E-state index < -0.39 is 29.8 Å². The first-order valence-corrected chi connectivity index (χ1v) is 12.8. The maximum Gasteiger partial charge on any atom is 0.405 e. The highest BCUT2D eigenvalue weighted by atomic mass is 32.1. The predicted octanol–water partition coefficient (Wildman–Crippen LogP) is 1.60. The minimum absolute atomic E-state index is 0.0729. The molecule has 0 bridgehead atoms. The van der Waals surface area contributed by atoms with Gasteiger partial charge in [-0.2, -0.15) is 18.4 Å². The first-order chi connectivity index (χ1) is 19.0. The molecule has 0 fully saturated rings. The third-order valence-corrected chi connectivity index (χ3v) is 6.43. The molecule has 0 aliphatic heterocycles. The van der Waals surface area contributed by atoms with Crippen molar-refractivity contribution in [1.29, 1.82) is 5.26 Å². The number of alkyl halides is 3. The van der Waals surface area contributed by atoms with E-state index in [1.54, 1.807) is 36.5 Å². The number of hydrogen-bond acceptors (Lipinski definition) is 8. The summed E-state index contributed by atoms with van der Waals surface area (Å²) in [5, 5.41) is 16.6. The fraction of sp³-hybridized carbons (Fsp3) is 0.269. The van der Waals surface area contributed by atoms with Crippen LogP contribution in [0.2, 0.25) is 0 Å². The monoisotopic (exact) mass is 573 g/mol. The molecule has 0 unspecified atom stereocenters. The third kappa shape index (κ3) is 8.52. The van der Waals surface area contributed by atoms with Gasteiger partial charge in [0.2, 0.25) is 5.91 Å². The lowest BCUT2D eigenvalue weighted by atomic mass is 10.2. The van der Waals surface area contributed by atoms with Crippen molar-refractivity contribution < 1.29 is 22.8 Å². The number of amides is 2. The van der Waals surface area contributed by atoms with Crippen LogP contribution in [0.3, 0.4) is 0 Å². The Bertz CT molecular complexity index is 1580. The second-order valence-corrected chi connectivity index (χ2v) is 9.54. The molecule has 0 atom stereocenters. The number of carbonyl (C=O) groups excluding carboxylic acids is 2. The van der Waals surface area contributed by atoms with Gasteiger partial charge in [-0.15, -0.1) is 11.3 Å².